The molecule has 2 heteroatoms. The van der Waals surface area contributed by atoms with Gasteiger partial charge in [0.1, 0.15) is 11.9 Å². The van der Waals surface area contributed by atoms with Gasteiger partial charge in [0.2, 0.25) is 0 Å². The van der Waals surface area contributed by atoms with Crippen molar-refractivity contribution in [2.75, 3.05) is 14.2 Å². The standard InChI is InChI=1S/C9H12O2/c1-7-5-4-6-8(10-2)9(7)11-3/h4-6,9H,1H2,2-3H3. The zero-order valence-corrected chi connectivity index (χ0v) is 6.83. The molecule has 0 saturated heterocycles. The molecule has 0 heterocycles. The summed E-state index contributed by atoms with van der Waals surface area (Å²) >= 11 is 0. The van der Waals surface area contributed by atoms with Crippen molar-refractivity contribution in [3.63, 3.8) is 0 Å². The molecular weight excluding hydrogens is 140 g/mol. The molecule has 0 fully saturated rings. The summed E-state index contributed by atoms with van der Waals surface area (Å²) in [6.07, 6.45) is 5.58. The highest BCUT2D eigenvalue weighted by Gasteiger charge is 2.17. The van der Waals surface area contributed by atoms with E-state index in [4.69, 9.17) is 9.47 Å². The van der Waals surface area contributed by atoms with Gasteiger partial charge in [0, 0.05) is 7.11 Å². The maximum absolute atomic E-state index is 5.16. The van der Waals surface area contributed by atoms with E-state index >= 15 is 0 Å². The molecule has 0 amide bonds. The summed E-state index contributed by atoms with van der Waals surface area (Å²) in [5.41, 5.74) is 0.923. The van der Waals surface area contributed by atoms with Crippen molar-refractivity contribution in [2.24, 2.45) is 0 Å². The third-order valence-electron chi connectivity index (χ3n) is 1.64. The van der Waals surface area contributed by atoms with E-state index in [0.29, 0.717) is 0 Å². The molecule has 0 bridgehead atoms. The Morgan fingerprint density at radius 2 is 2.18 bits per heavy atom. The Bertz CT molecular complexity index is 214. The third-order valence-corrected chi connectivity index (χ3v) is 1.64. The molecule has 0 N–H and O–H groups in total. The molecule has 2 nitrogen and oxygen atoms in total. The Morgan fingerprint density at radius 3 is 2.64 bits per heavy atom. The van der Waals surface area contributed by atoms with Crippen molar-refractivity contribution in [1.82, 2.24) is 0 Å². The summed E-state index contributed by atoms with van der Waals surface area (Å²) in [4.78, 5) is 0. The number of hydrogen-bond acceptors (Lipinski definition) is 2. The smallest absolute Gasteiger partial charge is 0.138 e. The highest BCUT2D eigenvalue weighted by Crippen LogP contribution is 2.19. The van der Waals surface area contributed by atoms with E-state index in [2.05, 4.69) is 6.58 Å². The van der Waals surface area contributed by atoms with Gasteiger partial charge in [-0.05, 0) is 11.6 Å². The molecule has 1 unspecified atom stereocenters. The SMILES string of the molecule is C=C1C=CC=C(OC)C1OC. The molecule has 0 aromatic heterocycles. The van der Waals surface area contributed by atoms with Gasteiger partial charge in [-0.3, -0.25) is 0 Å². The minimum absolute atomic E-state index is 0.106. The van der Waals surface area contributed by atoms with Gasteiger partial charge in [0.25, 0.3) is 0 Å². The van der Waals surface area contributed by atoms with Gasteiger partial charge < -0.3 is 9.47 Å². The molecule has 0 saturated carbocycles. The lowest BCUT2D eigenvalue weighted by molar-refractivity contribution is 0.104. The molecule has 0 aromatic rings. The first-order valence-electron chi connectivity index (χ1n) is 3.43. The van der Waals surface area contributed by atoms with E-state index < -0.39 is 0 Å². The fraction of sp³-hybridized carbons (Fsp3) is 0.333. The Kier molecular flexibility index (Phi) is 2.49. The fourth-order valence-corrected chi connectivity index (χ4v) is 1.07. The van der Waals surface area contributed by atoms with Crippen molar-refractivity contribution < 1.29 is 9.47 Å². The Labute approximate surface area is 66.8 Å². The summed E-state index contributed by atoms with van der Waals surface area (Å²) in [5.74, 6) is 0.806. The number of rotatable bonds is 2. The first kappa shape index (κ1) is 8.08. The molecule has 11 heavy (non-hydrogen) atoms. The molecule has 0 aliphatic heterocycles. The monoisotopic (exact) mass is 152 g/mol. The summed E-state index contributed by atoms with van der Waals surface area (Å²) < 4.78 is 10.3. The third kappa shape index (κ3) is 1.52. The first-order valence-corrected chi connectivity index (χ1v) is 3.43. The molecular formula is C9H12O2. The Hall–Kier alpha value is -1.02. The minimum atomic E-state index is -0.106. The second kappa shape index (κ2) is 3.39. The fourth-order valence-electron chi connectivity index (χ4n) is 1.07. The maximum Gasteiger partial charge on any atom is 0.138 e. The maximum atomic E-state index is 5.16. The predicted molar refractivity (Wildman–Crippen MR) is 44.2 cm³/mol. The summed E-state index contributed by atoms with van der Waals surface area (Å²) in [6.45, 7) is 3.83. The van der Waals surface area contributed by atoms with Crippen LogP contribution >= 0.6 is 0 Å². The van der Waals surface area contributed by atoms with Crippen LogP contribution in [0.25, 0.3) is 0 Å². The van der Waals surface area contributed by atoms with E-state index in [1.54, 1.807) is 14.2 Å². The molecule has 1 rings (SSSR count). The van der Waals surface area contributed by atoms with Gasteiger partial charge in [0.15, 0.2) is 0 Å². The largest absolute Gasteiger partial charge is 0.498 e. The topological polar surface area (TPSA) is 18.5 Å². The average molecular weight is 152 g/mol. The van der Waals surface area contributed by atoms with E-state index in [9.17, 15) is 0 Å². The molecule has 60 valence electrons. The molecule has 0 radical (unpaired) electrons. The zero-order chi connectivity index (χ0) is 8.27. The quantitative estimate of drug-likeness (QED) is 0.599. The van der Waals surface area contributed by atoms with Crippen LogP contribution in [0.1, 0.15) is 0 Å². The van der Waals surface area contributed by atoms with Crippen LogP contribution in [-0.2, 0) is 9.47 Å². The van der Waals surface area contributed by atoms with E-state index in [-0.39, 0.29) is 6.10 Å². The van der Waals surface area contributed by atoms with Crippen LogP contribution in [-0.4, -0.2) is 20.3 Å². The van der Waals surface area contributed by atoms with Gasteiger partial charge in [-0.15, -0.1) is 0 Å². The lowest BCUT2D eigenvalue weighted by atomic mass is 10.0. The van der Waals surface area contributed by atoms with E-state index in [1.165, 1.54) is 0 Å². The summed E-state index contributed by atoms with van der Waals surface area (Å²) in [6, 6.07) is 0. The Balaban J connectivity index is 2.81. The second-order valence-corrected chi connectivity index (χ2v) is 2.32. The van der Waals surface area contributed by atoms with Crippen molar-refractivity contribution in [1.29, 1.82) is 0 Å². The molecule has 1 aliphatic rings. The number of hydrogen-bond donors (Lipinski definition) is 0. The molecule has 0 aromatic carbocycles. The van der Waals surface area contributed by atoms with Crippen LogP contribution in [0, 0.1) is 0 Å². The van der Waals surface area contributed by atoms with E-state index in [1.807, 2.05) is 18.2 Å². The van der Waals surface area contributed by atoms with Gasteiger partial charge in [-0.2, -0.15) is 0 Å². The minimum Gasteiger partial charge on any atom is -0.498 e. The van der Waals surface area contributed by atoms with Gasteiger partial charge in [-0.25, -0.2) is 0 Å². The highest BCUT2D eigenvalue weighted by molar-refractivity contribution is 5.35. The van der Waals surface area contributed by atoms with Gasteiger partial charge in [-0.1, -0.05) is 18.7 Å². The highest BCUT2D eigenvalue weighted by atomic mass is 16.5. The number of ether oxygens (including phenoxy) is 2. The first-order chi connectivity index (χ1) is 5.29. The van der Waals surface area contributed by atoms with Crippen molar-refractivity contribution >= 4 is 0 Å². The average Bonchev–Trinajstić information content (AvgIpc) is 2.04. The van der Waals surface area contributed by atoms with Crippen LogP contribution in [0.2, 0.25) is 0 Å². The number of allylic oxidation sites excluding steroid dienone is 2. The Morgan fingerprint density at radius 1 is 1.45 bits per heavy atom. The van der Waals surface area contributed by atoms with Crippen LogP contribution in [0.3, 0.4) is 0 Å². The molecule has 1 aliphatic carbocycles. The zero-order valence-electron chi connectivity index (χ0n) is 6.83. The van der Waals surface area contributed by atoms with Crippen LogP contribution in [0.5, 0.6) is 0 Å². The van der Waals surface area contributed by atoms with Crippen molar-refractivity contribution in [3.05, 3.63) is 36.1 Å². The van der Waals surface area contributed by atoms with Gasteiger partial charge in [0.05, 0.1) is 7.11 Å². The normalized spacial score (nSPS) is 23.3. The van der Waals surface area contributed by atoms with E-state index in [0.717, 1.165) is 11.3 Å². The lowest BCUT2D eigenvalue weighted by Crippen LogP contribution is -2.18. The summed E-state index contributed by atoms with van der Waals surface area (Å²) in [7, 11) is 3.27. The molecule has 1 atom stereocenters. The lowest BCUT2D eigenvalue weighted by Gasteiger charge is -2.20. The van der Waals surface area contributed by atoms with Crippen molar-refractivity contribution in [3.8, 4) is 0 Å². The second-order valence-electron chi connectivity index (χ2n) is 2.32. The van der Waals surface area contributed by atoms with Gasteiger partial charge >= 0.3 is 0 Å². The van der Waals surface area contributed by atoms with Crippen LogP contribution < -0.4 is 0 Å². The van der Waals surface area contributed by atoms with Crippen molar-refractivity contribution in [2.45, 2.75) is 6.10 Å². The van der Waals surface area contributed by atoms with Crippen LogP contribution in [0.15, 0.2) is 36.1 Å². The van der Waals surface area contributed by atoms with Crippen LogP contribution in [0.4, 0.5) is 0 Å². The predicted octanol–water partition coefficient (Wildman–Crippen LogP) is 1.66. The molecule has 0 spiro atoms. The summed E-state index contributed by atoms with van der Waals surface area (Å²) in [5, 5.41) is 0. The number of methoxy groups -OCH3 is 2.